The second-order valence-corrected chi connectivity index (χ2v) is 5.18. The molecule has 0 saturated heterocycles. The van der Waals surface area contributed by atoms with Crippen molar-refractivity contribution in [3.05, 3.63) is 41.2 Å². The molecule has 10 heteroatoms. The van der Waals surface area contributed by atoms with Gasteiger partial charge in [-0.25, -0.2) is 9.18 Å². The summed E-state index contributed by atoms with van der Waals surface area (Å²) < 4.78 is 59.8. The van der Waals surface area contributed by atoms with Crippen LogP contribution in [0, 0.1) is 0 Å². The lowest BCUT2D eigenvalue weighted by atomic mass is 9.85. The van der Waals surface area contributed by atoms with Crippen molar-refractivity contribution in [1.82, 2.24) is 10.3 Å². The van der Waals surface area contributed by atoms with E-state index in [1.807, 2.05) is 0 Å². The number of nitrogens with one attached hydrogen (secondary N) is 1. The van der Waals surface area contributed by atoms with Crippen LogP contribution in [0.25, 0.3) is 0 Å². The van der Waals surface area contributed by atoms with Gasteiger partial charge in [-0.15, -0.1) is 0 Å². The Kier molecular flexibility index (Phi) is 4.40. The third-order valence-corrected chi connectivity index (χ3v) is 3.98. The molecule has 2 heterocycles. The average molecular weight is 355 g/mol. The molecule has 0 amide bonds. The van der Waals surface area contributed by atoms with Crippen LogP contribution in [-0.4, -0.2) is 41.1 Å². The second-order valence-electron chi connectivity index (χ2n) is 4.78. The fourth-order valence-corrected chi connectivity index (χ4v) is 2.70. The molecule has 0 spiro atoms. The Balaban J connectivity index is 2.72. The Bertz CT molecular complexity index is 640. The normalized spacial score (nSPS) is 31.6. The molecule has 0 saturated carbocycles. The molecule has 23 heavy (non-hydrogen) atoms. The summed E-state index contributed by atoms with van der Waals surface area (Å²) in [6, 6.07) is 2.60. The predicted octanol–water partition coefficient (Wildman–Crippen LogP) is 2.33. The lowest BCUT2D eigenvalue weighted by Gasteiger charge is -2.46. The molecule has 126 valence electrons. The minimum absolute atomic E-state index is 0.120. The van der Waals surface area contributed by atoms with Crippen molar-refractivity contribution in [2.45, 2.75) is 23.6 Å². The summed E-state index contributed by atoms with van der Waals surface area (Å²) in [5, 5.41) is 9.64. The van der Waals surface area contributed by atoms with E-state index in [0.29, 0.717) is 6.08 Å². The highest BCUT2D eigenvalue weighted by Crippen LogP contribution is 2.47. The first-order valence-electron chi connectivity index (χ1n) is 6.19. The van der Waals surface area contributed by atoms with Crippen molar-refractivity contribution in [2.75, 3.05) is 7.11 Å². The number of methoxy groups -OCH3 is 1. The van der Waals surface area contributed by atoms with Crippen molar-refractivity contribution >= 4 is 17.6 Å². The summed E-state index contributed by atoms with van der Waals surface area (Å²) in [5.41, 5.74) is -6.24. The van der Waals surface area contributed by atoms with E-state index in [9.17, 15) is 22.4 Å². The standard InChI is InChI=1S/C13H11ClF4N2O3/c1-23-12(7-3-2-4-19-6-7)9(15)5-8(14)11(20-12,10(21)22)13(16,17)18/h2-6,9,20H,1H3,(H,21,22). The van der Waals surface area contributed by atoms with Crippen molar-refractivity contribution < 1.29 is 32.2 Å². The van der Waals surface area contributed by atoms with Gasteiger partial charge in [-0.3, -0.25) is 10.3 Å². The zero-order valence-corrected chi connectivity index (χ0v) is 12.3. The number of carbonyl (C=O) groups is 1. The smallest absolute Gasteiger partial charge is 0.422 e. The molecule has 2 N–H and O–H groups in total. The van der Waals surface area contributed by atoms with Gasteiger partial charge in [0, 0.05) is 25.1 Å². The zero-order valence-electron chi connectivity index (χ0n) is 11.6. The average Bonchev–Trinajstić information content (AvgIpc) is 2.47. The van der Waals surface area contributed by atoms with Crippen LogP contribution in [0.5, 0.6) is 0 Å². The maximum atomic E-state index is 14.5. The van der Waals surface area contributed by atoms with Crippen molar-refractivity contribution in [2.24, 2.45) is 0 Å². The molecule has 5 nitrogen and oxygen atoms in total. The molecule has 0 bridgehead atoms. The minimum Gasteiger partial charge on any atom is -0.479 e. The molecular weight excluding hydrogens is 344 g/mol. The molecule has 0 fully saturated rings. The van der Waals surface area contributed by atoms with E-state index < -0.39 is 34.6 Å². The highest BCUT2D eigenvalue weighted by Gasteiger charge is 2.69. The number of pyridine rings is 1. The van der Waals surface area contributed by atoms with Gasteiger partial charge in [0.15, 0.2) is 11.9 Å². The van der Waals surface area contributed by atoms with Crippen LogP contribution in [0.15, 0.2) is 35.6 Å². The van der Waals surface area contributed by atoms with E-state index in [1.165, 1.54) is 18.3 Å². The number of aliphatic carboxylic acids is 1. The van der Waals surface area contributed by atoms with Crippen LogP contribution >= 0.6 is 11.6 Å². The van der Waals surface area contributed by atoms with E-state index >= 15 is 0 Å². The van der Waals surface area contributed by atoms with Gasteiger partial charge in [-0.2, -0.15) is 13.2 Å². The number of alkyl halides is 4. The van der Waals surface area contributed by atoms with Gasteiger partial charge in [0.1, 0.15) is 0 Å². The summed E-state index contributed by atoms with van der Waals surface area (Å²) in [7, 11) is 0.947. The predicted molar refractivity (Wildman–Crippen MR) is 71.3 cm³/mol. The minimum atomic E-state index is -5.35. The molecule has 2 rings (SSSR count). The van der Waals surface area contributed by atoms with Crippen molar-refractivity contribution in [1.29, 1.82) is 0 Å². The first kappa shape index (κ1) is 17.6. The first-order valence-corrected chi connectivity index (χ1v) is 6.56. The summed E-state index contributed by atoms with van der Waals surface area (Å²) >= 11 is 5.47. The van der Waals surface area contributed by atoms with Gasteiger partial charge in [0.05, 0.1) is 5.03 Å². The maximum Gasteiger partial charge on any atom is 0.422 e. The summed E-state index contributed by atoms with van der Waals surface area (Å²) in [4.78, 5) is 15.1. The number of carboxylic acid groups (broad SMARTS) is 1. The van der Waals surface area contributed by atoms with Crippen molar-refractivity contribution in [3.63, 3.8) is 0 Å². The lowest BCUT2D eigenvalue weighted by molar-refractivity contribution is -0.225. The molecule has 3 atom stereocenters. The van der Waals surface area contributed by atoms with E-state index in [-0.39, 0.29) is 5.56 Å². The molecule has 1 aliphatic heterocycles. The molecule has 0 aromatic carbocycles. The fraction of sp³-hybridized carbons (Fsp3) is 0.385. The largest absolute Gasteiger partial charge is 0.479 e. The third kappa shape index (κ3) is 2.48. The molecular formula is C13H11ClF4N2O3. The van der Waals surface area contributed by atoms with Gasteiger partial charge >= 0.3 is 12.1 Å². The number of aromatic nitrogens is 1. The first-order chi connectivity index (χ1) is 10.6. The van der Waals surface area contributed by atoms with Gasteiger partial charge in [0.25, 0.3) is 5.54 Å². The summed E-state index contributed by atoms with van der Waals surface area (Å²) in [6.45, 7) is 0. The topological polar surface area (TPSA) is 71.5 Å². The Labute approximate surface area is 132 Å². The SMILES string of the molecule is COC1(c2cccnc2)NC(C(=O)O)(C(F)(F)F)C(Cl)=CC1F. The lowest BCUT2D eigenvalue weighted by Crippen LogP contribution is -2.72. The van der Waals surface area contributed by atoms with E-state index in [2.05, 4.69) is 4.98 Å². The van der Waals surface area contributed by atoms with Gasteiger partial charge in [0.2, 0.25) is 0 Å². The van der Waals surface area contributed by atoms with Crippen LogP contribution < -0.4 is 5.32 Å². The van der Waals surface area contributed by atoms with Crippen LogP contribution in [0.3, 0.4) is 0 Å². The fourth-order valence-electron chi connectivity index (χ4n) is 2.36. The van der Waals surface area contributed by atoms with Crippen LogP contribution in [-0.2, 0) is 15.3 Å². The van der Waals surface area contributed by atoms with Crippen LogP contribution in [0.2, 0.25) is 0 Å². The molecule has 0 aliphatic carbocycles. The van der Waals surface area contributed by atoms with Crippen LogP contribution in [0.1, 0.15) is 5.56 Å². The molecule has 3 unspecified atom stereocenters. The number of carboxylic acids is 1. The van der Waals surface area contributed by atoms with Crippen LogP contribution in [0.4, 0.5) is 17.6 Å². The highest BCUT2D eigenvalue weighted by atomic mass is 35.5. The number of rotatable bonds is 3. The van der Waals surface area contributed by atoms with Crippen molar-refractivity contribution in [3.8, 4) is 0 Å². The molecule has 1 aliphatic rings. The Hall–Kier alpha value is -1.71. The number of ether oxygens (including phenoxy) is 1. The molecule has 0 radical (unpaired) electrons. The molecule has 1 aromatic rings. The van der Waals surface area contributed by atoms with E-state index in [1.54, 1.807) is 5.32 Å². The number of hydrogen-bond acceptors (Lipinski definition) is 4. The van der Waals surface area contributed by atoms with Gasteiger partial charge in [-0.05, 0) is 12.1 Å². The zero-order chi connectivity index (χ0) is 17.5. The monoisotopic (exact) mass is 354 g/mol. The quantitative estimate of drug-likeness (QED) is 0.815. The third-order valence-electron chi connectivity index (χ3n) is 3.57. The Morgan fingerprint density at radius 2 is 2.17 bits per heavy atom. The maximum absolute atomic E-state index is 14.5. The Morgan fingerprint density at radius 3 is 2.61 bits per heavy atom. The number of halogens is 5. The molecule has 1 aromatic heterocycles. The van der Waals surface area contributed by atoms with Gasteiger partial charge in [-0.1, -0.05) is 17.7 Å². The van der Waals surface area contributed by atoms with E-state index in [4.69, 9.17) is 21.4 Å². The highest BCUT2D eigenvalue weighted by molar-refractivity contribution is 6.33. The van der Waals surface area contributed by atoms with Gasteiger partial charge < -0.3 is 9.84 Å². The Morgan fingerprint density at radius 1 is 1.52 bits per heavy atom. The summed E-state index contributed by atoms with van der Waals surface area (Å²) in [6.07, 6.45) is -4.77. The summed E-state index contributed by atoms with van der Waals surface area (Å²) in [5.74, 6) is -2.33. The second kappa shape index (κ2) is 5.73. The number of nitrogens with zero attached hydrogens (tertiary/aromatic N) is 1. The van der Waals surface area contributed by atoms with E-state index in [0.717, 1.165) is 13.3 Å². The number of hydrogen-bond donors (Lipinski definition) is 2.